The molecule has 166 valence electrons. The predicted molar refractivity (Wildman–Crippen MR) is 122 cm³/mol. The Balaban J connectivity index is 1.93. The van der Waals surface area contributed by atoms with Gasteiger partial charge in [-0.15, -0.1) is 0 Å². The van der Waals surface area contributed by atoms with Crippen molar-refractivity contribution in [3.8, 4) is 11.5 Å². The number of rotatable bonds is 8. The van der Waals surface area contributed by atoms with Crippen LogP contribution in [-0.2, 0) is 27.8 Å². The van der Waals surface area contributed by atoms with Crippen LogP contribution in [0.4, 0.5) is 10.3 Å². The van der Waals surface area contributed by atoms with Crippen molar-refractivity contribution >= 4 is 64.8 Å². The molecule has 1 heterocycles. The van der Waals surface area contributed by atoms with Gasteiger partial charge in [0.2, 0.25) is 22.1 Å². The number of carbonyl (C=O) groups is 1. The van der Waals surface area contributed by atoms with Gasteiger partial charge >= 0.3 is 5.97 Å². The Kier molecular flexibility index (Phi) is 6.92. The molecule has 8 nitrogen and oxygen atoms in total. The summed E-state index contributed by atoms with van der Waals surface area (Å²) in [6.45, 7) is 2.34. The van der Waals surface area contributed by atoms with Crippen molar-refractivity contribution in [1.29, 1.82) is 0 Å². The molecule has 0 saturated heterocycles. The Hall–Kier alpha value is -2.18. The number of carboxylic acid groups (broad SMARTS) is 1. The van der Waals surface area contributed by atoms with Crippen molar-refractivity contribution in [1.82, 2.24) is 9.55 Å². The quantitative estimate of drug-likeness (QED) is 0.400. The summed E-state index contributed by atoms with van der Waals surface area (Å²) < 4.78 is 47.9. The number of imidazole rings is 1. The van der Waals surface area contributed by atoms with Crippen LogP contribution in [0.2, 0.25) is 0 Å². The van der Waals surface area contributed by atoms with Crippen LogP contribution in [0, 0.1) is 0 Å². The maximum atomic E-state index is 13.5. The summed E-state index contributed by atoms with van der Waals surface area (Å²) in [6.07, 6.45) is -1.22. The van der Waals surface area contributed by atoms with Gasteiger partial charge in [0.15, 0.2) is 5.75 Å². The molecule has 12 heteroatoms. The van der Waals surface area contributed by atoms with Gasteiger partial charge in [-0.1, -0.05) is 0 Å². The number of hydrogen-bond acceptors (Lipinski definition) is 5. The molecule has 3 aromatic rings. The van der Waals surface area contributed by atoms with Crippen LogP contribution >= 0.6 is 31.9 Å². The van der Waals surface area contributed by atoms with Crippen LogP contribution in [0.1, 0.15) is 12.5 Å². The summed E-state index contributed by atoms with van der Waals surface area (Å²) in [5, 5.41) is 8.76. The summed E-state index contributed by atoms with van der Waals surface area (Å²) in [7, 11) is -3.49. The van der Waals surface area contributed by atoms with Crippen LogP contribution in [0.15, 0.2) is 39.3 Å². The summed E-state index contributed by atoms with van der Waals surface area (Å²) >= 11 is 6.76. The topological polar surface area (TPSA) is 111 Å². The predicted octanol–water partition coefficient (Wildman–Crippen LogP) is 4.71. The maximum Gasteiger partial charge on any atom is 0.338 e. The van der Waals surface area contributed by atoms with Crippen LogP contribution in [0.25, 0.3) is 11.0 Å². The minimum Gasteiger partial charge on any atom is -0.479 e. The standard InChI is InChI=1S/C19H18Br2FN3O5S/c1-3-25-16-9-11(4-5-15(16)23-19(25)24-31(2,28)29)30-17-12(20)6-10(7-13(17)21)8-14(22)18(26)27/h4-7,9,14H,3,8H2,1-2H3,(H,23,24)(H,26,27). The van der Waals surface area contributed by atoms with E-state index in [1.165, 1.54) is 0 Å². The highest BCUT2D eigenvalue weighted by molar-refractivity contribution is 9.11. The monoisotopic (exact) mass is 577 g/mol. The summed E-state index contributed by atoms with van der Waals surface area (Å²) in [4.78, 5) is 15.1. The van der Waals surface area contributed by atoms with Gasteiger partial charge in [-0.25, -0.2) is 22.6 Å². The second kappa shape index (κ2) is 9.13. The summed E-state index contributed by atoms with van der Waals surface area (Å²) in [5.41, 5.74) is 1.75. The molecule has 0 amide bonds. The number of aliphatic carboxylic acids is 1. The van der Waals surface area contributed by atoms with Crippen molar-refractivity contribution in [2.45, 2.75) is 26.1 Å². The third-order valence-corrected chi connectivity index (χ3v) is 6.00. The first-order chi connectivity index (χ1) is 14.5. The minimum atomic E-state index is -3.49. The maximum absolute atomic E-state index is 13.5. The lowest BCUT2D eigenvalue weighted by Gasteiger charge is -2.13. The van der Waals surface area contributed by atoms with Crippen LogP contribution in [0.3, 0.4) is 0 Å². The van der Waals surface area contributed by atoms with Crippen molar-refractivity contribution in [2.24, 2.45) is 0 Å². The van der Waals surface area contributed by atoms with Crippen LogP contribution < -0.4 is 9.46 Å². The van der Waals surface area contributed by atoms with Crippen molar-refractivity contribution in [3.63, 3.8) is 0 Å². The number of nitrogens with zero attached hydrogens (tertiary/aromatic N) is 2. The van der Waals surface area contributed by atoms with E-state index in [0.29, 0.717) is 43.6 Å². The molecule has 0 radical (unpaired) electrons. The van der Waals surface area contributed by atoms with E-state index < -0.39 is 22.2 Å². The second-order valence-electron chi connectivity index (χ2n) is 6.70. The third-order valence-electron chi connectivity index (χ3n) is 4.27. The Bertz CT molecular complexity index is 1240. The molecule has 0 aliphatic heterocycles. The van der Waals surface area contributed by atoms with Gasteiger partial charge in [0.1, 0.15) is 5.75 Å². The van der Waals surface area contributed by atoms with Gasteiger partial charge in [0, 0.05) is 19.0 Å². The molecule has 0 bridgehead atoms. The first-order valence-corrected chi connectivity index (χ1v) is 12.5. The molecule has 0 aliphatic carbocycles. The van der Waals surface area contributed by atoms with E-state index in [1.807, 2.05) is 6.92 Å². The van der Waals surface area contributed by atoms with E-state index in [0.717, 1.165) is 6.26 Å². The molecule has 0 spiro atoms. The van der Waals surface area contributed by atoms with Gasteiger partial charge < -0.3 is 14.4 Å². The minimum absolute atomic E-state index is 0.211. The van der Waals surface area contributed by atoms with E-state index in [1.54, 1.807) is 34.9 Å². The Morgan fingerprint density at radius 2 is 1.94 bits per heavy atom. The Morgan fingerprint density at radius 3 is 2.48 bits per heavy atom. The lowest BCUT2D eigenvalue weighted by molar-refractivity contribution is -0.142. The highest BCUT2D eigenvalue weighted by Crippen LogP contribution is 2.39. The third kappa shape index (κ3) is 5.55. The van der Waals surface area contributed by atoms with E-state index in [-0.39, 0.29) is 12.4 Å². The number of benzene rings is 2. The van der Waals surface area contributed by atoms with Gasteiger partial charge in [0.25, 0.3) is 0 Å². The highest BCUT2D eigenvalue weighted by Gasteiger charge is 2.19. The Morgan fingerprint density at radius 1 is 1.29 bits per heavy atom. The zero-order chi connectivity index (χ0) is 22.9. The zero-order valence-corrected chi connectivity index (χ0v) is 20.4. The number of halogens is 3. The van der Waals surface area contributed by atoms with E-state index in [4.69, 9.17) is 9.84 Å². The van der Waals surface area contributed by atoms with Crippen LogP contribution in [0.5, 0.6) is 11.5 Å². The van der Waals surface area contributed by atoms with Gasteiger partial charge in [0.05, 0.1) is 26.2 Å². The average molecular weight is 579 g/mol. The first kappa shape index (κ1) is 23.5. The SMILES string of the molecule is CCn1c(NS(C)(=O)=O)nc2ccc(Oc3c(Br)cc(CC(F)C(=O)O)cc3Br)cc21. The van der Waals surface area contributed by atoms with Gasteiger partial charge in [-0.3, -0.25) is 4.72 Å². The van der Waals surface area contributed by atoms with E-state index in [9.17, 15) is 17.6 Å². The molecule has 1 unspecified atom stereocenters. The number of ether oxygens (including phenoxy) is 1. The molecule has 1 aromatic heterocycles. The number of carboxylic acids is 1. The number of fused-ring (bicyclic) bond motifs is 1. The number of aromatic nitrogens is 2. The molecule has 1 atom stereocenters. The zero-order valence-electron chi connectivity index (χ0n) is 16.4. The highest BCUT2D eigenvalue weighted by atomic mass is 79.9. The average Bonchev–Trinajstić information content (AvgIpc) is 2.98. The van der Waals surface area contributed by atoms with Crippen molar-refractivity contribution in [2.75, 3.05) is 11.0 Å². The lowest BCUT2D eigenvalue weighted by Crippen LogP contribution is -2.17. The number of nitrogens with one attached hydrogen (secondary N) is 1. The van der Waals surface area contributed by atoms with Gasteiger partial charge in [-0.2, -0.15) is 0 Å². The number of aryl methyl sites for hydroxylation is 1. The van der Waals surface area contributed by atoms with E-state index in [2.05, 4.69) is 41.6 Å². The normalized spacial score (nSPS) is 12.7. The number of sulfonamides is 1. The fraction of sp³-hybridized carbons (Fsp3) is 0.263. The second-order valence-corrected chi connectivity index (χ2v) is 10.2. The van der Waals surface area contributed by atoms with Crippen molar-refractivity contribution in [3.05, 3.63) is 44.8 Å². The first-order valence-electron chi connectivity index (χ1n) is 8.99. The molecular formula is C19H18Br2FN3O5S. The molecule has 0 saturated carbocycles. The molecule has 3 rings (SSSR count). The van der Waals surface area contributed by atoms with Crippen LogP contribution in [-0.4, -0.2) is 41.5 Å². The number of hydrogen-bond donors (Lipinski definition) is 2. The number of alkyl halides is 1. The van der Waals surface area contributed by atoms with E-state index >= 15 is 0 Å². The lowest BCUT2D eigenvalue weighted by atomic mass is 10.1. The molecule has 2 N–H and O–H groups in total. The summed E-state index contributed by atoms with van der Waals surface area (Å²) in [6, 6.07) is 8.32. The fourth-order valence-corrected chi connectivity index (χ4v) is 4.90. The molecular weight excluding hydrogens is 561 g/mol. The molecule has 0 aliphatic rings. The fourth-order valence-electron chi connectivity index (χ4n) is 2.97. The molecule has 2 aromatic carbocycles. The molecule has 31 heavy (non-hydrogen) atoms. The number of anilines is 1. The van der Waals surface area contributed by atoms with Crippen molar-refractivity contribution < 1.29 is 27.4 Å². The Labute approximate surface area is 194 Å². The largest absolute Gasteiger partial charge is 0.479 e. The smallest absolute Gasteiger partial charge is 0.338 e. The van der Waals surface area contributed by atoms with Gasteiger partial charge in [-0.05, 0) is 68.6 Å². The summed E-state index contributed by atoms with van der Waals surface area (Å²) in [5.74, 6) is -0.414. The molecule has 0 fully saturated rings.